The van der Waals surface area contributed by atoms with Crippen LogP contribution in [0.1, 0.15) is 32.1 Å². The molecule has 0 bridgehead atoms. The quantitative estimate of drug-likeness (QED) is 0.573. The highest BCUT2D eigenvalue weighted by atomic mass is 31.2. The zero-order chi connectivity index (χ0) is 7.40. The Bertz CT molecular complexity index is 93.7. The molecular weight excluding hydrogens is 157 g/mol. The van der Waals surface area contributed by atoms with E-state index in [0.29, 0.717) is 0 Å². The molecule has 1 fully saturated rings. The average molecular weight is 168 g/mol. The van der Waals surface area contributed by atoms with Crippen LogP contribution in [0.25, 0.3) is 0 Å². The van der Waals surface area contributed by atoms with Crippen LogP contribution in [0.3, 0.4) is 0 Å². The molecular formula is C6H11F2OP. The van der Waals surface area contributed by atoms with Gasteiger partial charge in [0.15, 0.2) is 0 Å². The van der Waals surface area contributed by atoms with E-state index < -0.39 is 8.77 Å². The lowest BCUT2D eigenvalue weighted by Crippen LogP contribution is -2.12. The molecule has 1 nitrogen and oxygen atoms in total. The predicted octanol–water partition coefficient (Wildman–Crippen LogP) is 3.50. The first kappa shape index (κ1) is 8.35. The molecule has 0 saturated heterocycles. The van der Waals surface area contributed by atoms with Crippen molar-refractivity contribution < 1.29 is 12.9 Å². The van der Waals surface area contributed by atoms with Gasteiger partial charge in [0.25, 0.3) is 0 Å². The van der Waals surface area contributed by atoms with Crippen LogP contribution in [0.5, 0.6) is 0 Å². The lowest BCUT2D eigenvalue weighted by molar-refractivity contribution is 0.154. The summed E-state index contributed by atoms with van der Waals surface area (Å²) < 4.78 is 27.7. The van der Waals surface area contributed by atoms with Crippen molar-refractivity contribution in [1.29, 1.82) is 0 Å². The van der Waals surface area contributed by atoms with Gasteiger partial charge in [0.05, 0.1) is 6.10 Å². The molecule has 1 aliphatic rings. The number of hydrogen-bond acceptors (Lipinski definition) is 1. The van der Waals surface area contributed by atoms with Crippen LogP contribution in [0.15, 0.2) is 0 Å². The third-order valence-electron chi connectivity index (χ3n) is 1.78. The Labute approximate surface area is 60.8 Å². The van der Waals surface area contributed by atoms with E-state index in [9.17, 15) is 8.39 Å². The van der Waals surface area contributed by atoms with Gasteiger partial charge < -0.3 is 4.52 Å². The van der Waals surface area contributed by atoms with Gasteiger partial charge in [0.2, 0.25) is 0 Å². The number of rotatable bonds is 2. The Balaban J connectivity index is 2.13. The van der Waals surface area contributed by atoms with Gasteiger partial charge in [-0.05, 0) is 12.8 Å². The third-order valence-corrected chi connectivity index (χ3v) is 2.24. The largest absolute Gasteiger partial charge is 0.415 e. The van der Waals surface area contributed by atoms with E-state index >= 15 is 0 Å². The van der Waals surface area contributed by atoms with Crippen LogP contribution in [0.2, 0.25) is 0 Å². The van der Waals surface area contributed by atoms with Crippen molar-refractivity contribution in [2.45, 2.75) is 38.2 Å². The lowest BCUT2D eigenvalue weighted by Gasteiger charge is -2.20. The molecule has 0 N–H and O–H groups in total. The molecule has 10 heavy (non-hydrogen) atoms. The van der Waals surface area contributed by atoms with Crippen LogP contribution in [0.4, 0.5) is 8.39 Å². The van der Waals surface area contributed by atoms with E-state index in [1.165, 1.54) is 6.42 Å². The fourth-order valence-corrected chi connectivity index (χ4v) is 1.72. The second-order valence-corrected chi connectivity index (χ2v) is 3.18. The van der Waals surface area contributed by atoms with Crippen molar-refractivity contribution in [2.75, 3.05) is 0 Å². The first-order valence-electron chi connectivity index (χ1n) is 3.57. The molecule has 0 spiro atoms. The average Bonchev–Trinajstić information content (AvgIpc) is 1.88. The summed E-state index contributed by atoms with van der Waals surface area (Å²) in [5.41, 5.74) is 0. The molecule has 4 heteroatoms. The standard InChI is InChI=1S/C6H11F2OP/c7-10(8)9-6-4-2-1-3-5-6/h6H,1-5H2. The molecule has 0 heterocycles. The Morgan fingerprint density at radius 1 is 1.10 bits per heavy atom. The molecule has 0 aromatic carbocycles. The van der Waals surface area contributed by atoms with Crippen molar-refractivity contribution in [1.82, 2.24) is 0 Å². The van der Waals surface area contributed by atoms with Gasteiger partial charge in [-0.3, -0.25) is 0 Å². The molecule has 0 atom stereocenters. The van der Waals surface area contributed by atoms with Crippen molar-refractivity contribution >= 4 is 8.77 Å². The molecule has 60 valence electrons. The maximum atomic E-state index is 11.7. The minimum atomic E-state index is -3.12. The Hall–Kier alpha value is 0.250. The second-order valence-electron chi connectivity index (χ2n) is 2.57. The van der Waals surface area contributed by atoms with Gasteiger partial charge in [-0.1, -0.05) is 19.3 Å². The fourth-order valence-electron chi connectivity index (χ4n) is 1.28. The molecule has 0 aromatic heterocycles. The van der Waals surface area contributed by atoms with Gasteiger partial charge in [-0.2, -0.15) is 8.39 Å². The van der Waals surface area contributed by atoms with Crippen LogP contribution in [-0.4, -0.2) is 6.10 Å². The van der Waals surface area contributed by atoms with Crippen LogP contribution < -0.4 is 0 Å². The van der Waals surface area contributed by atoms with E-state index in [1.54, 1.807) is 0 Å². The predicted molar refractivity (Wildman–Crippen MR) is 37.1 cm³/mol. The topological polar surface area (TPSA) is 9.23 Å². The first-order chi connectivity index (χ1) is 4.79. The van der Waals surface area contributed by atoms with Crippen LogP contribution >= 0.6 is 8.77 Å². The third kappa shape index (κ3) is 2.89. The highest BCUT2D eigenvalue weighted by Crippen LogP contribution is 2.43. The SMILES string of the molecule is FP(F)OC1CCCCC1. The number of hydrogen-bond donors (Lipinski definition) is 0. The van der Waals surface area contributed by atoms with Crippen molar-refractivity contribution in [2.24, 2.45) is 0 Å². The maximum absolute atomic E-state index is 11.7. The van der Waals surface area contributed by atoms with Gasteiger partial charge in [0, 0.05) is 0 Å². The summed E-state index contributed by atoms with van der Waals surface area (Å²) in [5.74, 6) is 0. The summed E-state index contributed by atoms with van der Waals surface area (Å²) in [6, 6.07) is 0. The highest BCUT2D eigenvalue weighted by molar-refractivity contribution is 7.40. The molecule has 0 aliphatic heterocycles. The first-order valence-corrected chi connectivity index (χ1v) is 4.61. The van der Waals surface area contributed by atoms with E-state index in [2.05, 4.69) is 4.52 Å². The smallest absolute Gasteiger partial charge is 0.302 e. The van der Waals surface area contributed by atoms with Gasteiger partial charge in [-0.15, -0.1) is 0 Å². The summed E-state index contributed by atoms with van der Waals surface area (Å²) in [6.45, 7) is 0. The van der Waals surface area contributed by atoms with Crippen LogP contribution in [0, 0.1) is 0 Å². The van der Waals surface area contributed by atoms with Crippen LogP contribution in [-0.2, 0) is 4.52 Å². The van der Waals surface area contributed by atoms with E-state index in [0.717, 1.165) is 25.7 Å². The minimum Gasteiger partial charge on any atom is -0.302 e. The van der Waals surface area contributed by atoms with Gasteiger partial charge in [-0.25, -0.2) is 0 Å². The number of halogens is 2. The Morgan fingerprint density at radius 3 is 2.20 bits per heavy atom. The molecule has 0 amide bonds. The lowest BCUT2D eigenvalue weighted by atomic mass is 9.98. The molecule has 0 radical (unpaired) electrons. The van der Waals surface area contributed by atoms with Crippen molar-refractivity contribution in [3.63, 3.8) is 0 Å². The molecule has 1 aliphatic carbocycles. The summed E-state index contributed by atoms with van der Waals surface area (Å²) in [6.07, 6.45) is 4.78. The second kappa shape index (κ2) is 4.20. The summed E-state index contributed by atoms with van der Waals surface area (Å²) in [7, 11) is -3.12. The van der Waals surface area contributed by atoms with Crippen molar-refractivity contribution in [3.8, 4) is 0 Å². The zero-order valence-electron chi connectivity index (χ0n) is 5.72. The van der Waals surface area contributed by atoms with E-state index in [-0.39, 0.29) is 6.10 Å². The van der Waals surface area contributed by atoms with Gasteiger partial charge in [0.1, 0.15) is 0 Å². The zero-order valence-corrected chi connectivity index (χ0v) is 6.62. The Kier molecular flexibility index (Phi) is 3.50. The molecule has 0 aromatic rings. The molecule has 1 saturated carbocycles. The summed E-state index contributed by atoms with van der Waals surface area (Å²) >= 11 is 0. The molecule has 1 rings (SSSR count). The summed E-state index contributed by atoms with van der Waals surface area (Å²) in [4.78, 5) is 0. The maximum Gasteiger partial charge on any atom is 0.415 e. The van der Waals surface area contributed by atoms with E-state index in [1.807, 2.05) is 0 Å². The molecule has 0 unspecified atom stereocenters. The van der Waals surface area contributed by atoms with E-state index in [4.69, 9.17) is 0 Å². The normalized spacial score (nSPS) is 21.9. The summed E-state index contributed by atoms with van der Waals surface area (Å²) in [5, 5.41) is 0. The van der Waals surface area contributed by atoms with Crippen molar-refractivity contribution in [3.05, 3.63) is 0 Å². The Morgan fingerprint density at radius 2 is 1.70 bits per heavy atom. The fraction of sp³-hybridized carbons (Fsp3) is 1.00. The minimum absolute atomic E-state index is 0.144. The highest BCUT2D eigenvalue weighted by Gasteiger charge is 2.18. The van der Waals surface area contributed by atoms with Gasteiger partial charge >= 0.3 is 8.77 Å². The monoisotopic (exact) mass is 168 g/mol.